The molecule has 0 aliphatic heterocycles. The first-order valence-electron chi connectivity index (χ1n) is 5.50. The second-order valence-electron chi connectivity index (χ2n) is 3.82. The molecule has 0 aliphatic carbocycles. The summed E-state index contributed by atoms with van der Waals surface area (Å²) in [5, 5.41) is 17.2. The van der Waals surface area contributed by atoms with Crippen LogP contribution >= 0.6 is 23.2 Å². The minimum Gasteiger partial charge on any atom is -0.394 e. The number of halogens is 2. The first-order valence-corrected chi connectivity index (χ1v) is 6.26. The van der Waals surface area contributed by atoms with Crippen LogP contribution in [0.5, 0.6) is 0 Å². The van der Waals surface area contributed by atoms with Crippen LogP contribution in [0.15, 0.2) is 30.6 Å². The van der Waals surface area contributed by atoms with Crippen molar-refractivity contribution < 1.29 is 5.11 Å². The Bertz CT molecular complexity index is 528. The molecule has 0 unspecified atom stereocenters. The Labute approximate surface area is 115 Å². The van der Waals surface area contributed by atoms with Crippen molar-refractivity contribution in [3.05, 3.63) is 46.2 Å². The highest BCUT2D eigenvalue weighted by Gasteiger charge is 2.01. The number of nitrogens with one attached hydrogen (secondary N) is 1. The average molecular weight is 286 g/mol. The second-order valence-corrected chi connectivity index (χ2v) is 4.63. The zero-order chi connectivity index (χ0) is 13.0. The average Bonchev–Trinajstić information content (AvgIpc) is 2.79. The molecule has 0 amide bonds. The molecule has 2 rings (SSSR count). The Hall–Kier alpha value is -1.23. The van der Waals surface area contributed by atoms with Gasteiger partial charge in [-0.3, -0.25) is 4.68 Å². The molecule has 0 fully saturated rings. The molecule has 0 spiro atoms. The Balaban J connectivity index is 1.95. The number of hydrogen-bond acceptors (Lipinski definition) is 3. The molecule has 0 saturated heterocycles. The fourth-order valence-electron chi connectivity index (χ4n) is 1.53. The topological polar surface area (TPSA) is 50.1 Å². The molecule has 0 aliphatic rings. The van der Waals surface area contributed by atoms with E-state index in [1.807, 2.05) is 18.3 Å². The lowest BCUT2D eigenvalue weighted by atomic mass is 10.2. The molecule has 1 aromatic carbocycles. The van der Waals surface area contributed by atoms with Crippen LogP contribution in [0.2, 0.25) is 10.0 Å². The SMILES string of the molecule is OCCn1cc(NCc2ccc(Cl)c(Cl)c2)cn1. The smallest absolute Gasteiger partial charge is 0.0729 e. The monoisotopic (exact) mass is 285 g/mol. The number of aliphatic hydroxyl groups excluding tert-OH is 1. The summed E-state index contributed by atoms with van der Waals surface area (Å²) in [6, 6.07) is 5.52. The Morgan fingerprint density at radius 1 is 1.28 bits per heavy atom. The Morgan fingerprint density at radius 2 is 2.11 bits per heavy atom. The molecule has 1 aromatic heterocycles. The fraction of sp³-hybridized carbons (Fsp3) is 0.250. The van der Waals surface area contributed by atoms with Crippen LogP contribution in [-0.2, 0) is 13.1 Å². The van der Waals surface area contributed by atoms with Gasteiger partial charge >= 0.3 is 0 Å². The molecule has 96 valence electrons. The molecule has 1 heterocycles. The number of anilines is 1. The molecule has 2 N–H and O–H groups in total. The molecule has 0 saturated carbocycles. The van der Waals surface area contributed by atoms with Crippen molar-refractivity contribution in [3.8, 4) is 0 Å². The summed E-state index contributed by atoms with van der Waals surface area (Å²) in [6.07, 6.45) is 3.56. The van der Waals surface area contributed by atoms with E-state index in [-0.39, 0.29) is 6.61 Å². The number of benzene rings is 1. The van der Waals surface area contributed by atoms with Crippen LogP contribution in [0, 0.1) is 0 Å². The lowest BCUT2D eigenvalue weighted by Crippen LogP contribution is -2.02. The third kappa shape index (κ3) is 3.38. The van der Waals surface area contributed by atoms with Gasteiger partial charge in [-0.1, -0.05) is 29.3 Å². The van der Waals surface area contributed by atoms with E-state index >= 15 is 0 Å². The molecule has 18 heavy (non-hydrogen) atoms. The minimum absolute atomic E-state index is 0.0773. The minimum atomic E-state index is 0.0773. The van der Waals surface area contributed by atoms with Crippen LogP contribution in [0.4, 0.5) is 5.69 Å². The summed E-state index contributed by atoms with van der Waals surface area (Å²) < 4.78 is 1.68. The van der Waals surface area contributed by atoms with Crippen LogP contribution in [-0.4, -0.2) is 21.5 Å². The van der Waals surface area contributed by atoms with E-state index in [0.717, 1.165) is 11.3 Å². The van der Waals surface area contributed by atoms with Crippen molar-refractivity contribution in [2.45, 2.75) is 13.1 Å². The third-order valence-electron chi connectivity index (χ3n) is 2.44. The standard InChI is InChI=1S/C12H13Cl2N3O/c13-11-2-1-9(5-12(11)14)6-15-10-7-16-17(8-10)3-4-18/h1-2,5,7-8,15,18H,3-4,6H2. The summed E-state index contributed by atoms with van der Waals surface area (Å²) in [6.45, 7) is 1.21. The molecule has 0 bridgehead atoms. The van der Waals surface area contributed by atoms with Gasteiger partial charge in [-0.2, -0.15) is 5.10 Å². The lowest BCUT2D eigenvalue weighted by Gasteiger charge is -2.05. The van der Waals surface area contributed by atoms with E-state index < -0.39 is 0 Å². The maximum absolute atomic E-state index is 8.78. The quantitative estimate of drug-likeness (QED) is 0.888. The van der Waals surface area contributed by atoms with Gasteiger partial charge in [-0.15, -0.1) is 0 Å². The van der Waals surface area contributed by atoms with Gasteiger partial charge in [0.15, 0.2) is 0 Å². The maximum atomic E-state index is 8.78. The summed E-state index contributed by atoms with van der Waals surface area (Å²) in [4.78, 5) is 0. The van der Waals surface area contributed by atoms with Gasteiger partial charge < -0.3 is 10.4 Å². The molecule has 0 atom stereocenters. The van der Waals surface area contributed by atoms with Crippen molar-refractivity contribution in [1.29, 1.82) is 0 Å². The predicted molar refractivity (Wildman–Crippen MR) is 73.1 cm³/mol. The van der Waals surface area contributed by atoms with Crippen LogP contribution < -0.4 is 5.32 Å². The molecular formula is C12H13Cl2N3O. The normalized spacial score (nSPS) is 10.6. The number of aromatic nitrogens is 2. The summed E-state index contributed by atoms with van der Waals surface area (Å²) >= 11 is 11.8. The van der Waals surface area contributed by atoms with Crippen molar-refractivity contribution >= 4 is 28.9 Å². The summed E-state index contributed by atoms with van der Waals surface area (Å²) in [7, 11) is 0. The van der Waals surface area contributed by atoms with Crippen LogP contribution in [0.3, 0.4) is 0 Å². The van der Waals surface area contributed by atoms with E-state index in [1.165, 1.54) is 0 Å². The van der Waals surface area contributed by atoms with Gasteiger partial charge in [-0.05, 0) is 17.7 Å². The fourth-order valence-corrected chi connectivity index (χ4v) is 1.85. The van der Waals surface area contributed by atoms with Gasteiger partial charge in [0, 0.05) is 12.7 Å². The van der Waals surface area contributed by atoms with Crippen molar-refractivity contribution in [3.63, 3.8) is 0 Å². The van der Waals surface area contributed by atoms with Gasteiger partial charge in [-0.25, -0.2) is 0 Å². The van der Waals surface area contributed by atoms with Crippen molar-refractivity contribution in [1.82, 2.24) is 9.78 Å². The molecule has 0 radical (unpaired) electrons. The highest BCUT2D eigenvalue weighted by atomic mass is 35.5. The highest BCUT2D eigenvalue weighted by molar-refractivity contribution is 6.42. The largest absolute Gasteiger partial charge is 0.394 e. The van der Waals surface area contributed by atoms with Crippen molar-refractivity contribution in [2.75, 3.05) is 11.9 Å². The van der Waals surface area contributed by atoms with E-state index in [2.05, 4.69) is 10.4 Å². The zero-order valence-corrected chi connectivity index (χ0v) is 11.1. The van der Waals surface area contributed by atoms with Gasteiger partial charge in [0.05, 0.1) is 35.1 Å². The van der Waals surface area contributed by atoms with Gasteiger partial charge in [0.25, 0.3) is 0 Å². The highest BCUT2D eigenvalue weighted by Crippen LogP contribution is 2.23. The second kappa shape index (κ2) is 6.09. The van der Waals surface area contributed by atoms with Crippen LogP contribution in [0.25, 0.3) is 0 Å². The van der Waals surface area contributed by atoms with E-state index in [1.54, 1.807) is 16.9 Å². The Morgan fingerprint density at radius 3 is 2.83 bits per heavy atom. The van der Waals surface area contributed by atoms with Gasteiger partial charge in [0.1, 0.15) is 0 Å². The Kier molecular flexibility index (Phi) is 4.47. The van der Waals surface area contributed by atoms with E-state index in [4.69, 9.17) is 28.3 Å². The number of rotatable bonds is 5. The summed E-state index contributed by atoms with van der Waals surface area (Å²) in [5.41, 5.74) is 1.94. The third-order valence-corrected chi connectivity index (χ3v) is 3.18. The van der Waals surface area contributed by atoms with E-state index in [0.29, 0.717) is 23.1 Å². The number of aliphatic hydroxyl groups is 1. The lowest BCUT2D eigenvalue weighted by molar-refractivity contribution is 0.269. The van der Waals surface area contributed by atoms with Gasteiger partial charge in [0.2, 0.25) is 0 Å². The van der Waals surface area contributed by atoms with Crippen LogP contribution in [0.1, 0.15) is 5.56 Å². The molecular weight excluding hydrogens is 273 g/mol. The molecule has 2 aromatic rings. The predicted octanol–water partition coefficient (Wildman–Crippen LogP) is 2.79. The first kappa shape index (κ1) is 13.2. The molecule has 6 heteroatoms. The summed E-state index contributed by atoms with van der Waals surface area (Å²) in [5.74, 6) is 0. The maximum Gasteiger partial charge on any atom is 0.0729 e. The first-order chi connectivity index (χ1) is 8.69. The number of hydrogen-bond donors (Lipinski definition) is 2. The molecule has 4 nitrogen and oxygen atoms in total. The number of nitrogens with zero attached hydrogens (tertiary/aromatic N) is 2. The zero-order valence-electron chi connectivity index (χ0n) is 9.61. The van der Waals surface area contributed by atoms with Crippen molar-refractivity contribution in [2.24, 2.45) is 0 Å². The van der Waals surface area contributed by atoms with E-state index in [9.17, 15) is 0 Å².